The molecule has 1 aromatic rings. The standard InChI is InChI=1S/C13H18O4S/c1-16-10-7-9(5-4-6-13(14)15)12(18-3)8-11(10)17-2/h7-8H,4-6H2,1-3H3,(H,14,15). The molecule has 0 spiro atoms. The molecule has 1 aromatic carbocycles. The summed E-state index contributed by atoms with van der Waals surface area (Å²) < 4.78 is 10.5. The summed E-state index contributed by atoms with van der Waals surface area (Å²) in [6.07, 6.45) is 3.52. The number of aliphatic carboxylic acids is 1. The van der Waals surface area contributed by atoms with Crippen LogP contribution < -0.4 is 9.47 Å². The van der Waals surface area contributed by atoms with E-state index in [0.29, 0.717) is 17.9 Å². The minimum absolute atomic E-state index is 0.183. The molecular weight excluding hydrogens is 252 g/mol. The molecule has 100 valence electrons. The zero-order valence-corrected chi connectivity index (χ0v) is 11.7. The van der Waals surface area contributed by atoms with Crippen molar-refractivity contribution in [3.63, 3.8) is 0 Å². The van der Waals surface area contributed by atoms with Gasteiger partial charge in [0.2, 0.25) is 0 Å². The first-order valence-corrected chi connectivity index (χ1v) is 6.85. The number of carboxylic acids is 1. The lowest BCUT2D eigenvalue weighted by atomic mass is 10.1. The van der Waals surface area contributed by atoms with Crippen LogP contribution in [0.4, 0.5) is 0 Å². The summed E-state index contributed by atoms with van der Waals surface area (Å²) in [4.78, 5) is 11.6. The lowest BCUT2D eigenvalue weighted by Crippen LogP contribution is -1.98. The molecule has 0 aliphatic heterocycles. The number of ether oxygens (including phenoxy) is 2. The third-order valence-electron chi connectivity index (χ3n) is 2.62. The number of rotatable bonds is 7. The summed E-state index contributed by atoms with van der Waals surface area (Å²) in [5.74, 6) is 0.616. The number of hydrogen-bond donors (Lipinski definition) is 1. The van der Waals surface area contributed by atoms with Gasteiger partial charge in [0.1, 0.15) is 0 Å². The molecule has 0 saturated heterocycles. The van der Waals surface area contributed by atoms with Gasteiger partial charge in [0.05, 0.1) is 14.2 Å². The van der Waals surface area contributed by atoms with Crippen LogP contribution in [0, 0.1) is 0 Å². The predicted molar refractivity (Wildman–Crippen MR) is 71.9 cm³/mol. The summed E-state index contributed by atoms with van der Waals surface area (Å²) in [6.45, 7) is 0. The van der Waals surface area contributed by atoms with E-state index in [2.05, 4.69) is 0 Å². The van der Waals surface area contributed by atoms with Crippen molar-refractivity contribution in [3.05, 3.63) is 17.7 Å². The van der Waals surface area contributed by atoms with Gasteiger partial charge in [-0.2, -0.15) is 0 Å². The van der Waals surface area contributed by atoms with E-state index < -0.39 is 5.97 Å². The highest BCUT2D eigenvalue weighted by atomic mass is 32.2. The van der Waals surface area contributed by atoms with Crippen molar-refractivity contribution in [1.29, 1.82) is 0 Å². The van der Waals surface area contributed by atoms with Crippen molar-refractivity contribution >= 4 is 17.7 Å². The smallest absolute Gasteiger partial charge is 0.303 e. The van der Waals surface area contributed by atoms with Crippen LogP contribution in [-0.4, -0.2) is 31.6 Å². The molecule has 4 nitrogen and oxygen atoms in total. The first-order valence-electron chi connectivity index (χ1n) is 5.63. The second-order valence-electron chi connectivity index (χ2n) is 3.77. The van der Waals surface area contributed by atoms with Crippen molar-refractivity contribution in [2.45, 2.75) is 24.2 Å². The molecule has 0 saturated carbocycles. The number of aryl methyl sites for hydroxylation is 1. The highest BCUT2D eigenvalue weighted by Crippen LogP contribution is 2.35. The van der Waals surface area contributed by atoms with Crippen molar-refractivity contribution < 1.29 is 19.4 Å². The maximum Gasteiger partial charge on any atom is 0.303 e. The van der Waals surface area contributed by atoms with E-state index in [1.807, 2.05) is 18.4 Å². The molecule has 0 aromatic heterocycles. The van der Waals surface area contributed by atoms with E-state index in [9.17, 15) is 4.79 Å². The van der Waals surface area contributed by atoms with Crippen LogP contribution >= 0.6 is 11.8 Å². The predicted octanol–water partition coefficient (Wildman–Crippen LogP) is 2.83. The normalized spacial score (nSPS) is 10.2. The van der Waals surface area contributed by atoms with Crippen molar-refractivity contribution in [3.8, 4) is 11.5 Å². The highest BCUT2D eigenvalue weighted by Gasteiger charge is 2.11. The monoisotopic (exact) mass is 270 g/mol. The van der Waals surface area contributed by atoms with E-state index in [1.54, 1.807) is 26.0 Å². The van der Waals surface area contributed by atoms with Crippen LogP contribution in [0.15, 0.2) is 17.0 Å². The fourth-order valence-corrected chi connectivity index (χ4v) is 2.37. The second-order valence-corrected chi connectivity index (χ2v) is 4.61. The Bertz CT molecular complexity index is 418. The molecule has 0 radical (unpaired) electrons. The zero-order chi connectivity index (χ0) is 13.5. The van der Waals surface area contributed by atoms with Gasteiger partial charge in [0.15, 0.2) is 11.5 Å². The summed E-state index contributed by atoms with van der Waals surface area (Å²) in [5, 5.41) is 8.65. The third kappa shape index (κ3) is 3.84. The average molecular weight is 270 g/mol. The molecule has 0 amide bonds. The lowest BCUT2D eigenvalue weighted by molar-refractivity contribution is -0.137. The maximum atomic E-state index is 10.5. The molecule has 1 rings (SSSR count). The minimum atomic E-state index is -0.763. The number of methoxy groups -OCH3 is 2. The van der Waals surface area contributed by atoms with Crippen LogP contribution in [0.2, 0.25) is 0 Å². The Labute approximate surface area is 111 Å². The zero-order valence-electron chi connectivity index (χ0n) is 10.9. The van der Waals surface area contributed by atoms with Crippen molar-refractivity contribution in [2.75, 3.05) is 20.5 Å². The van der Waals surface area contributed by atoms with Gasteiger partial charge in [-0.25, -0.2) is 0 Å². The Morgan fingerprint density at radius 3 is 2.39 bits per heavy atom. The van der Waals surface area contributed by atoms with Gasteiger partial charge in [0.25, 0.3) is 0 Å². The Morgan fingerprint density at radius 2 is 1.89 bits per heavy atom. The first kappa shape index (κ1) is 14.7. The average Bonchev–Trinajstić information content (AvgIpc) is 2.37. The van der Waals surface area contributed by atoms with Crippen LogP contribution in [-0.2, 0) is 11.2 Å². The Balaban J connectivity index is 2.91. The molecule has 0 bridgehead atoms. The van der Waals surface area contributed by atoms with Crippen LogP contribution in [0.1, 0.15) is 18.4 Å². The number of hydrogen-bond acceptors (Lipinski definition) is 4. The van der Waals surface area contributed by atoms with Gasteiger partial charge in [-0.05, 0) is 36.8 Å². The Morgan fingerprint density at radius 1 is 1.28 bits per heavy atom. The summed E-state index contributed by atoms with van der Waals surface area (Å²) >= 11 is 1.62. The summed E-state index contributed by atoms with van der Waals surface area (Å²) in [6, 6.07) is 3.85. The Kier molecular flexibility index (Phi) is 5.85. The van der Waals surface area contributed by atoms with Crippen molar-refractivity contribution in [1.82, 2.24) is 0 Å². The van der Waals surface area contributed by atoms with E-state index in [-0.39, 0.29) is 6.42 Å². The molecule has 0 fully saturated rings. The number of carboxylic acid groups (broad SMARTS) is 1. The van der Waals surface area contributed by atoms with E-state index in [1.165, 1.54) is 0 Å². The maximum absolute atomic E-state index is 10.5. The molecule has 5 heteroatoms. The summed E-state index contributed by atoms with van der Waals surface area (Å²) in [5.41, 5.74) is 1.10. The third-order valence-corrected chi connectivity index (χ3v) is 3.44. The van der Waals surface area contributed by atoms with Gasteiger partial charge in [-0.15, -0.1) is 11.8 Å². The molecular formula is C13H18O4S. The molecule has 0 atom stereocenters. The van der Waals surface area contributed by atoms with Gasteiger partial charge >= 0.3 is 5.97 Å². The number of benzene rings is 1. The van der Waals surface area contributed by atoms with Crippen LogP contribution in [0.3, 0.4) is 0 Å². The molecule has 1 N–H and O–H groups in total. The molecule has 0 aliphatic carbocycles. The topological polar surface area (TPSA) is 55.8 Å². The van der Waals surface area contributed by atoms with Gasteiger partial charge in [0, 0.05) is 11.3 Å². The minimum Gasteiger partial charge on any atom is -0.493 e. The Hall–Kier alpha value is -1.36. The van der Waals surface area contributed by atoms with Crippen LogP contribution in [0.5, 0.6) is 11.5 Å². The van der Waals surface area contributed by atoms with E-state index in [4.69, 9.17) is 14.6 Å². The van der Waals surface area contributed by atoms with E-state index >= 15 is 0 Å². The lowest BCUT2D eigenvalue weighted by Gasteiger charge is -2.13. The van der Waals surface area contributed by atoms with E-state index in [0.717, 1.165) is 16.9 Å². The first-order chi connectivity index (χ1) is 8.62. The largest absolute Gasteiger partial charge is 0.493 e. The van der Waals surface area contributed by atoms with Gasteiger partial charge in [-0.3, -0.25) is 4.79 Å². The van der Waals surface area contributed by atoms with Crippen molar-refractivity contribution in [2.24, 2.45) is 0 Å². The fraction of sp³-hybridized carbons (Fsp3) is 0.462. The number of thioether (sulfide) groups is 1. The summed E-state index contributed by atoms with van der Waals surface area (Å²) in [7, 11) is 3.20. The molecule has 0 aliphatic rings. The van der Waals surface area contributed by atoms with Gasteiger partial charge in [-0.1, -0.05) is 0 Å². The molecule has 18 heavy (non-hydrogen) atoms. The van der Waals surface area contributed by atoms with Gasteiger partial charge < -0.3 is 14.6 Å². The highest BCUT2D eigenvalue weighted by molar-refractivity contribution is 7.98. The fourth-order valence-electron chi connectivity index (χ4n) is 1.72. The number of carbonyl (C=O) groups is 1. The second kappa shape index (κ2) is 7.16. The quantitative estimate of drug-likeness (QED) is 0.772. The van der Waals surface area contributed by atoms with Crippen LogP contribution in [0.25, 0.3) is 0 Å². The molecule has 0 heterocycles. The SMILES string of the molecule is COc1cc(CCCC(=O)O)c(SC)cc1OC. The molecule has 0 unspecified atom stereocenters.